The maximum absolute atomic E-state index is 11.5. The van der Waals surface area contributed by atoms with Gasteiger partial charge < -0.3 is 4.57 Å². The molecule has 90 valence electrons. The van der Waals surface area contributed by atoms with E-state index in [9.17, 15) is 4.79 Å². The van der Waals surface area contributed by atoms with Crippen LogP contribution in [0.2, 0.25) is 0 Å². The first kappa shape index (κ1) is 11.2. The molecule has 0 amide bonds. The zero-order chi connectivity index (χ0) is 12.5. The molecule has 0 bridgehead atoms. The fourth-order valence-electron chi connectivity index (χ4n) is 2.00. The number of para-hydroxylation sites is 1. The van der Waals surface area contributed by atoms with Crippen molar-refractivity contribution >= 4 is 27.3 Å². The minimum absolute atomic E-state index is 0.0844. The highest BCUT2D eigenvalue weighted by Gasteiger charge is 2.08. The van der Waals surface area contributed by atoms with Crippen molar-refractivity contribution < 1.29 is 4.79 Å². The number of thiazole rings is 1. The summed E-state index contributed by atoms with van der Waals surface area (Å²) in [6, 6.07) is 11.8. The second kappa shape index (κ2) is 4.38. The van der Waals surface area contributed by atoms with E-state index in [0.717, 1.165) is 16.2 Å². The lowest BCUT2D eigenvalue weighted by molar-refractivity contribution is 0.100. The van der Waals surface area contributed by atoms with E-state index in [1.807, 2.05) is 41.1 Å². The van der Waals surface area contributed by atoms with Crippen molar-refractivity contribution in [3.63, 3.8) is 0 Å². The zero-order valence-electron chi connectivity index (χ0n) is 9.96. The van der Waals surface area contributed by atoms with Gasteiger partial charge in [0.2, 0.25) is 0 Å². The maximum Gasteiger partial charge on any atom is 0.176 e. The molecule has 2 aromatic heterocycles. The summed E-state index contributed by atoms with van der Waals surface area (Å²) in [5, 5.41) is 1.02. The lowest BCUT2D eigenvalue weighted by Crippen LogP contribution is -2.06. The van der Waals surface area contributed by atoms with Crippen LogP contribution in [0.5, 0.6) is 0 Å². The molecule has 0 saturated carbocycles. The van der Waals surface area contributed by atoms with Crippen molar-refractivity contribution in [3.8, 4) is 0 Å². The maximum atomic E-state index is 11.5. The van der Waals surface area contributed by atoms with Gasteiger partial charge in [-0.2, -0.15) is 0 Å². The normalized spacial score (nSPS) is 10.9. The lowest BCUT2D eigenvalue weighted by atomic mass is 10.3. The zero-order valence-corrected chi connectivity index (χ0v) is 10.8. The first-order chi connectivity index (χ1) is 8.74. The summed E-state index contributed by atoms with van der Waals surface area (Å²) in [5.41, 5.74) is 1.75. The van der Waals surface area contributed by atoms with Crippen LogP contribution < -0.4 is 0 Å². The highest BCUT2D eigenvalue weighted by Crippen LogP contribution is 2.22. The Bertz CT molecular complexity index is 678. The molecule has 3 rings (SSSR count). The molecule has 0 N–H and O–H groups in total. The van der Waals surface area contributed by atoms with Gasteiger partial charge in [0.1, 0.15) is 5.01 Å². The van der Waals surface area contributed by atoms with Crippen LogP contribution in [-0.2, 0) is 6.54 Å². The van der Waals surface area contributed by atoms with Gasteiger partial charge in [-0.15, -0.1) is 11.3 Å². The fourth-order valence-corrected chi connectivity index (χ4v) is 2.97. The molecule has 0 spiro atoms. The molecule has 3 aromatic rings. The Labute approximate surface area is 109 Å². The largest absolute Gasteiger partial charge is 0.338 e. The lowest BCUT2D eigenvalue weighted by Gasteiger charge is -2.03. The van der Waals surface area contributed by atoms with Gasteiger partial charge in [-0.25, -0.2) is 4.98 Å². The summed E-state index contributed by atoms with van der Waals surface area (Å²) in [6.07, 6.45) is 1.92. The van der Waals surface area contributed by atoms with E-state index in [-0.39, 0.29) is 5.78 Å². The van der Waals surface area contributed by atoms with Crippen LogP contribution in [0.25, 0.3) is 10.2 Å². The number of hydrogen-bond acceptors (Lipinski definition) is 3. The highest BCUT2D eigenvalue weighted by molar-refractivity contribution is 7.18. The quantitative estimate of drug-likeness (QED) is 0.674. The summed E-state index contributed by atoms with van der Waals surface area (Å²) in [7, 11) is 0. The number of benzene rings is 1. The second-order valence-corrected chi connectivity index (χ2v) is 5.27. The summed E-state index contributed by atoms with van der Waals surface area (Å²) in [6.45, 7) is 2.24. The number of rotatable bonds is 3. The highest BCUT2D eigenvalue weighted by atomic mass is 32.1. The van der Waals surface area contributed by atoms with Gasteiger partial charge in [0.25, 0.3) is 0 Å². The van der Waals surface area contributed by atoms with E-state index in [1.54, 1.807) is 18.3 Å². The van der Waals surface area contributed by atoms with Gasteiger partial charge in [-0.3, -0.25) is 4.79 Å². The number of Topliss-reactive ketones (excluding diaryl/α,β-unsaturated/α-hetero) is 1. The summed E-state index contributed by atoms with van der Waals surface area (Å²) in [5.74, 6) is 0.0844. The molecule has 3 nitrogen and oxygen atoms in total. The van der Waals surface area contributed by atoms with E-state index < -0.39 is 0 Å². The van der Waals surface area contributed by atoms with Crippen LogP contribution in [0.3, 0.4) is 0 Å². The van der Waals surface area contributed by atoms with Gasteiger partial charge in [0.15, 0.2) is 5.78 Å². The molecule has 1 aromatic carbocycles. The van der Waals surface area contributed by atoms with Gasteiger partial charge in [-0.1, -0.05) is 12.1 Å². The molecule has 0 radical (unpaired) electrons. The number of nitrogens with zero attached hydrogens (tertiary/aromatic N) is 2. The van der Waals surface area contributed by atoms with Crippen molar-refractivity contribution in [1.29, 1.82) is 0 Å². The summed E-state index contributed by atoms with van der Waals surface area (Å²) >= 11 is 1.67. The van der Waals surface area contributed by atoms with E-state index in [4.69, 9.17) is 0 Å². The Hall–Kier alpha value is -1.94. The minimum Gasteiger partial charge on any atom is -0.338 e. The van der Waals surface area contributed by atoms with Crippen LogP contribution in [0, 0.1) is 0 Å². The van der Waals surface area contributed by atoms with Crippen LogP contribution in [0.4, 0.5) is 0 Å². The van der Waals surface area contributed by atoms with Gasteiger partial charge in [0.05, 0.1) is 22.5 Å². The smallest absolute Gasteiger partial charge is 0.176 e. The third kappa shape index (κ3) is 1.95. The molecule has 0 aliphatic carbocycles. The Morgan fingerprint density at radius 1 is 1.28 bits per heavy atom. The Balaban J connectivity index is 1.96. The van der Waals surface area contributed by atoms with E-state index in [1.165, 1.54) is 4.70 Å². The topological polar surface area (TPSA) is 34.9 Å². The second-order valence-electron chi connectivity index (χ2n) is 4.15. The molecular weight excluding hydrogens is 244 g/mol. The van der Waals surface area contributed by atoms with Crippen LogP contribution in [0.15, 0.2) is 42.6 Å². The summed E-state index contributed by atoms with van der Waals surface area (Å²) < 4.78 is 3.13. The van der Waals surface area contributed by atoms with Crippen LogP contribution in [0.1, 0.15) is 22.4 Å². The number of carbonyl (C=O) groups is 1. The van der Waals surface area contributed by atoms with Crippen molar-refractivity contribution in [3.05, 3.63) is 53.3 Å². The predicted molar refractivity (Wildman–Crippen MR) is 73.2 cm³/mol. The Morgan fingerprint density at radius 3 is 2.89 bits per heavy atom. The van der Waals surface area contributed by atoms with E-state index in [0.29, 0.717) is 6.54 Å². The van der Waals surface area contributed by atoms with E-state index in [2.05, 4.69) is 11.1 Å². The van der Waals surface area contributed by atoms with Gasteiger partial charge in [0, 0.05) is 13.1 Å². The molecule has 0 aliphatic rings. The number of fused-ring (bicyclic) bond motifs is 1. The van der Waals surface area contributed by atoms with Gasteiger partial charge in [-0.05, 0) is 24.3 Å². The van der Waals surface area contributed by atoms with Crippen LogP contribution in [-0.4, -0.2) is 15.3 Å². The minimum atomic E-state index is 0.0844. The first-order valence-electron chi connectivity index (χ1n) is 5.74. The van der Waals surface area contributed by atoms with Crippen molar-refractivity contribution in [2.75, 3.05) is 0 Å². The molecule has 2 heterocycles. The molecule has 0 fully saturated rings. The molecule has 4 heteroatoms. The molecule has 18 heavy (non-hydrogen) atoms. The average Bonchev–Trinajstić information content (AvgIpc) is 2.94. The number of ketones is 1. The standard InChI is InChI=1S/C14H12N2OS/c1-10(17)12-6-4-8-16(12)9-14-15-11-5-2-3-7-13(11)18-14/h2-8H,9H2,1H3. The molecule has 0 saturated heterocycles. The Kier molecular flexibility index (Phi) is 2.72. The SMILES string of the molecule is CC(=O)c1cccn1Cc1nc2ccccc2s1. The number of carbonyl (C=O) groups excluding carboxylic acids is 1. The average molecular weight is 256 g/mol. The van der Waals surface area contributed by atoms with Crippen molar-refractivity contribution in [2.45, 2.75) is 13.5 Å². The van der Waals surface area contributed by atoms with Gasteiger partial charge >= 0.3 is 0 Å². The number of aromatic nitrogens is 2. The summed E-state index contributed by atoms with van der Waals surface area (Å²) in [4.78, 5) is 16.0. The fraction of sp³-hybridized carbons (Fsp3) is 0.143. The predicted octanol–water partition coefficient (Wildman–Crippen LogP) is 3.35. The number of hydrogen-bond donors (Lipinski definition) is 0. The molecule has 0 atom stereocenters. The Morgan fingerprint density at radius 2 is 2.11 bits per heavy atom. The molecular formula is C14H12N2OS. The third-order valence-electron chi connectivity index (χ3n) is 2.83. The van der Waals surface area contributed by atoms with Crippen LogP contribution >= 0.6 is 11.3 Å². The molecule has 0 unspecified atom stereocenters. The molecule has 0 aliphatic heterocycles. The van der Waals surface area contributed by atoms with Crippen molar-refractivity contribution in [1.82, 2.24) is 9.55 Å². The third-order valence-corrected chi connectivity index (χ3v) is 3.86. The monoisotopic (exact) mass is 256 g/mol. The first-order valence-corrected chi connectivity index (χ1v) is 6.56. The van der Waals surface area contributed by atoms with Crippen molar-refractivity contribution in [2.24, 2.45) is 0 Å². The van der Waals surface area contributed by atoms with E-state index >= 15 is 0 Å².